The summed E-state index contributed by atoms with van der Waals surface area (Å²) in [6.07, 6.45) is 2.58. The van der Waals surface area contributed by atoms with Gasteiger partial charge in [0.15, 0.2) is 0 Å². The number of ether oxygens (including phenoxy) is 1. The van der Waals surface area contributed by atoms with Crippen LogP contribution in [0.1, 0.15) is 15.9 Å². The number of amides is 1. The van der Waals surface area contributed by atoms with Crippen LogP contribution in [-0.4, -0.2) is 17.5 Å². The minimum absolute atomic E-state index is 0.132. The van der Waals surface area contributed by atoms with Crippen LogP contribution in [0, 0.1) is 0 Å². The van der Waals surface area contributed by atoms with Crippen molar-refractivity contribution < 1.29 is 9.53 Å². The molecule has 1 N–H and O–H groups in total. The number of fused-ring (bicyclic) bond motifs is 2. The lowest BCUT2D eigenvalue weighted by molar-refractivity contribution is 0.102. The third-order valence-electron chi connectivity index (χ3n) is 3.83. The molecule has 2 aromatic carbocycles. The molecule has 22 heavy (non-hydrogen) atoms. The van der Waals surface area contributed by atoms with Gasteiger partial charge in [-0.3, -0.25) is 9.78 Å². The third-order valence-corrected chi connectivity index (χ3v) is 3.83. The maximum Gasteiger partial charge on any atom is 0.255 e. The van der Waals surface area contributed by atoms with E-state index in [2.05, 4.69) is 10.3 Å². The number of nitrogens with zero attached hydrogens (tertiary/aromatic N) is 1. The quantitative estimate of drug-likeness (QED) is 0.786. The van der Waals surface area contributed by atoms with Crippen molar-refractivity contribution in [1.82, 2.24) is 4.98 Å². The average molecular weight is 290 g/mol. The summed E-state index contributed by atoms with van der Waals surface area (Å²) in [6, 6.07) is 15.2. The van der Waals surface area contributed by atoms with Crippen molar-refractivity contribution in [2.24, 2.45) is 0 Å². The van der Waals surface area contributed by atoms with Crippen LogP contribution in [0.3, 0.4) is 0 Å². The molecule has 0 saturated heterocycles. The highest BCUT2D eigenvalue weighted by molar-refractivity contribution is 6.08. The molecule has 108 valence electrons. The Morgan fingerprint density at radius 2 is 2.05 bits per heavy atom. The summed E-state index contributed by atoms with van der Waals surface area (Å²) in [4.78, 5) is 16.8. The number of aromatic nitrogens is 1. The lowest BCUT2D eigenvalue weighted by Crippen LogP contribution is -2.12. The van der Waals surface area contributed by atoms with Crippen molar-refractivity contribution in [2.75, 3.05) is 11.9 Å². The molecular formula is C18H14N2O2. The Labute approximate surface area is 127 Å². The lowest BCUT2D eigenvalue weighted by atomic mass is 10.1. The van der Waals surface area contributed by atoms with Crippen LogP contribution in [-0.2, 0) is 6.42 Å². The van der Waals surface area contributed by atoms with E-state index in [0.717, 1.165) is 34.3 Å². The fourth-order valence-electron chi connectivity index (χ4n) is 2.73. The van der Waals surface area contributed by atoms with Gasteiger partial charge in [-0.15, -0.1) is 0 Å². The molecule has 0 bridgehead atoms. The zero-order valence-corrected chi connectivity index (χ0v) is 11.9. The molecule has 0 radical (unpaired) electrons. The maximum absolute atomic E-state index is 12.5. The Morgan fingerprint density at radius 1 is 1.14 bits per heavy atom. The molecule has 1 aliphatic heterocycles. The number of rotatable bonds is 2. The van der Waals surface area contributed by atoms with E-state index < -0.39 is 0 Å². The Balaban J connectivity index is 1.66. The number of hydrogen-bond donors (Lipinski definition) is 1. The second-order valence-corrected chi connectivity index (χ2v) is 5.26. The van der Waals surface area contributed by atoms with Crippen molar-refractivity contribution in [1.29, 1.82) is 0 Å². The van der Waals surface area contributed by atoms with Crippen molar-refractivity contribution in [3.8, 4) is 5.75 Å². The van der Waals surface area contributed by atoms with Gasteiger partial charge in [0.05, 0.1) is 17.8 Å². The molecule has 0 saturated carbocycles. The minimum atomic E-state index is -0.132. The second-order valence-electron chi connectivity index (χ2n) is 5.26. The number of carbonyl (C=O) groups excluding carboxylic acids is 1. The Kier molecular flexibility index (Phi) is 3.00. The van der Waals surface area contributed by atoms with Crippen LogP contribution >= 0.6 is 0 Å². The summed E-state index contributed by atoms with van der Waals surface area (Å²) in [5.74, 6) is 0.747. The van der Waals surface area contributed by atoms with Gasteiger partial charge in [-0.05, 0) is 35.9 Å². The highest BCUT2D eigenvalue weighted by Gasteiger charge is 2.15. The van der Waals surface area contributed by atoms with Gasteiger partial charge in [0.1, 0.15) is 5.75 Å². The summed E-state index contributed by atoms with van der Waals surface area (Å²) < 4.78 is 5.47. The monoisotopic (exact) mass is 290 g/mol. The van der Waals surface area contributed by atoms with Crippen LogP contribution in [0.5, 0.6) is 5.75 Å². The standard InChI is InChI=1S/C18H14N2O2/c21-18(14-6-7-16-13(11-14)8-10-22-16)20-15-5-1-3-12-4-2-9-19-17(12)15/h1-7,9,11H,8,10H2,(H,20,21). The van der Waals surface area contributed by atoms with E-state index in [1.165, 1.54) is 0 Å². The fraction of sp³-hybridized carbons (Fsp3) is 0.111. The van der Waals surface area contributed by atoms with Crippen LogP contribution in [0.25, 0.3) is 10.9 Å². The number of anilines is 1. The summed E-state index contributed by atoms with van der Waals surface area (Å²) in [7, 11) is 0. The van der Waals surface area contributed by atoms with Crippen LogP contribution < -0.4 is 10.1 Å². The number of carbonyl (C=O) groups is 1. The lowest BCUT2D eigenvalue weighted by Gasteiger charge is -2.08. The van der Waals surface area contributed by atoms with E-state index in [1.807, 2.05) is 42.5 Å². The average Bonchev–Trinajstić information content (AvgIpc) is 3.02. The van der Waals surface area contributed by atoms with Gasteiger partial charge in [-0.1, -0.05) is 18.2 Å². The Hall–Kier alpha value is -2.88. The van der Waals surface area contributed by atoms with E-state index in [9.17, 15) is 4.79 Å². The Morgan fingerprint density at radius 3 is 3.00 bits per heavy atom. The van der Waals surface area contributed by atoms with Gasteiger partial charge < -0.3 is 10.1 Å². The SMILES string of the molecule is O=C(Nc1cccc2cccnc12)c1ccc2c(c1)CCO2. The van der Waals surface area contributed by atoms with E-state index in [0.29, 0.717) is 12.2 Å². The Bertz CT molecular complexity index is 869. The van der Waals surface area contributed by atoms with Gasteiger partial charge in [0.25, 0.3) is 5.91 Å². The topological polar surface area (TPSA) is 51.2 Å². The van der Waals surface area contributed by atoms with Crippen molar-refractivity contribution in [3.05, 3.63) is 65.9 Å². The van der Waals surface area contributed by atoms with E-state index in [1.54, 1.807) is 12.3 Å². The first-order chi connectivity index (χ1) is 10.8. The normalized spacial score (nSPS) is 12.7. The molecular weight excluding hydrogens is 276 g/mol. The van der Waals surface area contributed by atoms with E-state index in [4.69, 9.17) is 4.74 Å². The number of hydrogen-bond acceptors (Lipinski definition) is 3. The van der Waals surface area contributed by atoms with Crippen LogP contribution in [0.4, 0.5) is 5.69 Å². The van der Waals surface area contributed by atoms with Crippen molar-refractivity contribution >= 4 is 22.5 Å². The number of benzene rings is 2. The molecule has 2 heterocycles. The first-order valence-corrected chi connectivity index (χ1v) is 7.22. The molecule has 1 amide bonds. The minimum Gasteiger partial charge on any atom is -0.493 e. The second kappa shape index (κ2) is 5.15. The maximum atomic E-state index is 12.5. The summed E-state index contributed by atoms with van der Waals surface area (Å²) in [5, 5.41) is 3.95. The molecule has 1 aromatic heterocycles. The van der Waals surface area contributed by atoms with E-state index in [-0.39, 0.29) is 5.91 Å². The first kappa shape index (κ1) is 12.8. The van der Waals surface area contributed by atoms with E-state index >= 15 is 0 Å². The van der Waals surface area contributed by atoms with Gasteiger partial charge >= 0.3 is 0 Å². The molecule has 4 nitrogen and oxygen atoms in total. The molecule has 0 spiro atoms. The highest BCUT2D eigenvalue weighted by Crippen LogP contribution is 2.27. The molecule has 0 unspecified atom stereocenters. The summed E-state index contributed by atoms with van der Waals surface area (Å²) in [6.45, 7) is 0.688. The predicted octanol–water partition coefficient (Wildman–Crippen LogP) is 3.42. The summed E-state index contributed by atoms with van der Waals surface area (Å²) >= 11 is 0. The zero-order valence-electron chi connectivity index (χ0n) is 11.9. The molecule has 4 heteroatoms. The third kappa shape index (κ3) is 2.19. The van der Waals surface area contributed by atoms with Crippen molar-refractivity contribution in [2.45, 2.75) is 6.42 Å². The van der Waals surface area contributed by atoms with Gasteiger partial charge in [0, 0.05) is 23.6 Å². The van der Waals surface area contributed by atoms with Gasteiger partial charge in [-0.2, -0.15) is 0 Å². The smallest absolute Gasteiger partial charge is 0.255 e. The van der Waals surface area contributed by atoms with Crippen LogP contribution in [0.15, 0.2) is 54.7 Å². The molecule has 0 atom stereocenters. The van der Waals surface area contributed by atoms with Crippen molar-refractivity contribution in [3.63, 3.8) is 0 Å². The molecule has 3 aromatic rings. The van der Waals surface area contributed by atoms with Gasteiger partial charge in [0.2, 0.25) is 0 Å². The highest BCUT2D eigenvalue weighted by atomic mass is 16.5. The number of pyridine rings is 1. The molecule has 0 fully saturated rings. The first-order valence-electron chi connectivity index (χ1n) is 7.22. The molecule has 0 aliphatic carbocycles. The zero-order chi connectivity index (χ0) is 14.9. The summed E-state index contributed by atoms with van der Waals surface area (Å²) in [5.41, 5.74) is 3.24. The number of nitrogens with one attached hydrogen (secondary N) is 1. The van der Waals surface area contributed by atoms with Crippen LogP contribution in [0.2, 0.25) is 0 Å². The molecule has 4 rings (SSSR count). The largest absolute Gasteiger partial charge is 0.493 e. The molecule has 1 aliphatic rings. The van der Waals surface area contributed by atoms with Gasteiger partial charge in [-0.25, -0.2) is 0 Å². The predicted molar refractivity (Wildman–Crippen MR) is 85.3 cm³/mol. The fourth-order valence-corrected chi connectivity index (χ4v) is 2.73. The number of para-hydroxylation sites is 1.